The van der Waals surface area contributed by atoms with Gasteiger partial charge in [-0.05, 0) is 26.0 Å². The van der Waals surface area contributed by atoms with Crippen molar-refractivity contribution >= 4 is 33.0 Å². The maximum absolute atomic E-state index is 12.5. The topological polar surface area (TPSA) is 102 Å². The fourth-order valence-corrected chi connectivity index (χ4v) is 3.97. The summed E-state index contributed by atoms with van der Waals surface area (Å²) >= 11 is 0. The lowest BCUT2D eigenvalue weighted by Crippen LogP contribution is -2.40. The van der Waals surface area contributed by atoms with E-state index in [0.717, 1.165) is 24.3 Å². The lowest BCUT2D eigenvalue weighted by atomic mass is 10.0. The van der Waals surface area contributed by atoms with E-state index < -0.39 is 31.9 Å². The van der Waals surface area contributed by atoms with Crippen LogP contribution in [0.15, 0.2) is 47.6 Å². The van der Waals surface area contributed by atoms with Crippen LogP contribution in [-0.2, 0) is 29.0 Å². The first-order valence-corrected chi connectivity index (χ1v) is 8.37. The molecule has 0 aromatic carbocycles. The minimum Gasteiger partial charge on any atom is -0.295 e. The number of hydrogen-bond donors (Lipinski definition) is 0. The van der Waals surface area contributed by atoms with E-state index in [-0.39, 0.29) is 22.7 Å². The minimum atomic E-state index is -4.17. The van der Waals surface area contributed by atoms with Gasteiger partial charge >= 0.3 is 0 Å². The van der Waals surface area contributed by atoms with Crippen molar-refractivity contribution in [2.45, 2.75) is 24.3 Å². The van der Waals surface area contributed by atoms with E-state index in [4.69, 9.17) is 0 Å². The van der Waals surface area contributed by atoms with E-state index >= 15 is 0 Å². The van der Waals surface area contributed by atoms with E-state index in [1.165, 1.54) is 26.0 Å². The Bertz CT molecular complexity index is 772. The predicted octanol–water partition coefficient (Wildman–Crippen LogP) is 0.447. The van der Waals surface area contributed by atoms with Crippen molar-refractivity contribution < 1.29 is 27.6 Å². The van der Waals surface area contributed by atoms with Gasteiger partial charge in [-0.3, -0.25) is 19.2 Å². The molecule has 0 saturated carbocycles. The quantitative estimate of drug-likeness (QED) is 0.739. The number of rotatable bonds is 4. The second kappa shape index (κ2) is 6.00. The van der Waals surface area contributed by atoms with Crippen LogP contribution >= 0.6 is 0 Å². The molecule has 0 aliphatic heterocycles. The van der Waals surface area contributed by atoms with Crippen molar-refractivity contribution in [2.24, 2.45) is 0 Å². The molecule has 0 heterocycles. The fourth-order valence-electron chi connectivity index (χ4n) is 2.28. The highest BCUT2D eigenvalue weighted by Crippen LogP contribution is 2.23. The van der Waals surface area contributed by atoms with Crippen LogP contribution in [0.5, 0.6) is 0 Å². The second-order valence-corrected chi connectivity index (χ2v) is 7.46. The molecule has 0 fully saturated rings. The summed E-state index contributed by atoms with van der Waals surface area (Å²) in [5, 5.41) is -3.03. The molecule has 6 nitrogen and oxygen atoms in total. The van der Waals surface area contributed by atoms with E-state index in [2.05, 4.69) is 0 Å². The minimum absolute atomic E-state index is 0.116. The third-order valence-electron chi connectivity index (χ3n) is 3.58. The molecular formula is C16H14O6S. The smallest absolute Gasteiger partial charge is 0.178 e. The van der Waals surface area contributed by atoms with Gasteiger partial charge in [0.2, 0.25) is 0 Å². The van der Waals surface area contributed by atoms with Gasteiger partial charge in [0, 0.05) is 11.1 Å². The Labute approximate surface area is 133 Å². The molecule has 120 valence electrons. The van der Waals surface area contributed by atoms with Gasteiger partial charge in [0.1, 0.15) is 10.5 Å². The zero-order chi connectivity index (χ0) is 17.4. The first kappa shape index (κ1) is 17.0. The molecule has 2 aliphatic rings. The summed E-state index contributed by atoms with van der Waals surface area (Å²) in [6, 6.07) is 0. The molecule has 2 rings (SSSR count). The molecule has 0 saturated heterocycles. The highest BCUT2D eigenvalue weighted by atomic mass is 32.2. The van der Waals surface area contributed by atoms with Crippen molar-refractivity contribution in [3.8, 4) is 0 Å². The van der Waals surface area contributed by atoms with Gasteiger partial charge in [-0.15, -0.1) is 0 Å². The van der Waals surface area contributed by atoms with Gasteiger partial charge in [0.05, 0.1) is 0 Å². The van der Waals surface area contributed by atoms with Gasteiger partial charge in [-0.1, -0.05) is 24.3 Å². The monoisotopic (exact) mass is 334 g/mol. The number of sulfone groups is 1. The molecule has 0 radical (unpaired) electrons. The third-order valence-corrected chi connectivity index (χ3v) is 5.77. The number of carbonyl (C=O) groups excluding carboxylic acids is 4. The van der Waals surface area contributed by atoms with Crippen LogP contribution < -0.4 is 0 Å². The van der Waals surface area contributed by atoms with Gasteiger partial charge in [-0.2, -0.15) is 0 Å². The van der Waals surface area contributed by atoms with Crippen molar-refractivity contribution in [1.29, 1.82) is 0 Å². The summed E-state index contributed by atoms with van der Waals surface area (Å²) in [6.07, 6.45) is 6.69. The van der Waals surface area contributed by atoms with Crippen LogP contribution in [0.2, 0.25) is 0 Å². The van der Waals surface area contributed by atoms with Crippen LogP contribution in [0.3, 0.4) is 0 Å². The highest BCUT2D eigenvalue weighted by molar-refractivity contribution is 7.94. The highest BCUT2D eigenvalue weighted by Gasteiger charge is 2.40. The van der Waals surface area contributed by atoms with Gasteiger partial charge in [0.15, 0.2) is 33.0 Å². The summed E-state index contributed by atoms with van der Waals surface area (Å²) in [6.45, 7) is 2.53. The Kier molecular flexibility index (Phi) is 4.42. The van der Waals surface area contributed by atoms with Gasteiger partial charge in [-0.25, -0.2) is 8.42 Å². The number of hydrogen-bond acceptors (Lipinski definition) is 6. The Morgan fingerprint density at radius 3 is 1.43 bits per heavy atom. The van der Waals surface area contributed by atoms with Crippen molar-refractivity contribution in [3.05, 3.63) is 47.6 Å². The first-order valence-electron chi connectivity index (χ1n) is 6.76. The van der Waals surface area contributed by atoms with E-state index in [1.54, 1.807) is 0 Å². The SMILES string of the molecule is CC(=O)C1=CC(=O)C(S(=O)(=O)C2C=CC(C(C)=O)=CC2=O)C=C1. The van der Waals surface area contributed by atoms with E-state index in [9.17, 15) is 27.6 Å². The lowest BCUT2D eigenvalue weighted by molar-refractivity contribution is -0.116. The predicted molar refractivity (Wildman–Crippen MR) is 82.3 cm³/mol. The maximum Gasteiger partial charge on any atom is 0.178 e. The largest absolute Gasteiger partial charge is 0.295 e. The van der Waals surface area contributed by atoms with Crippen LogP contribution in [0, 0.1) is 0 Å². The molecule has 2 unspecified atom stereocenters. The molecule has 2 atom stereocenters. The molecule has 0 aromatic heterocycles. The molecule has 7 heteroatoms. The molecule has 23 heavy (non-hydrogen) atoms. The fraction of sp³-hybridized carbons (Fsp3) is 0.250. The maximum atomic E-state index is 12.5. The number of allylic oxidation sites excluding steroid dienone is 6. The van der Waals surface area contributed by atoms with Crippen molar-refractivity contribution in [1.82, 2.24) is 0 Å². The second-order valence-electron chi connectivity index (χ2n) is 5.26. The standard InChI is InChI=1S/C16H14O6S/c1-9(17)11-3-5-15(13(19)7-11)23(21,22)16-6-4-12(10(2)18)8-14(16)20/h3-8,15-16H,1-2H3. The van der Waals surface area contributed by atoms with Crippen LogP contribution in [0.4, 0.5) is 0 Å². The Hall–Kier alpha value is -2.41. The van der Waals surface area contributed by atoms with Crippen molar-refractivity contribution in [2.75, 3.05) is 0 Å². The summed E-state index contributed by atoms with van der Waals surface area (Å²) in [4.78, 5) is 46.5. The molecule has 0 amide bonds. The lowest BCUT2D eigenvalue weighted by Gasteiger charge is -2.20. The summed E-state index contributed by atoms with van der Waals surface area (Å²) in [5.74, 6) is -2.23. The van der Waals surface area contributed by atoms with Gasteiger partial charge < -0.3 is 0 Å². The average Bonchev–Trinajstić information content (AvgIpc) is 2.46. The van der Waals surface area contributed by atoms with E-state index in [0.29, 0.717) is 0 Å². The van der Waals surface area contributed by atoms with Crippen LogP contribution in [0.1, 0.15) is 13.8 Å². The first-order chi connectivity index (χ1) is 10.6. The summed E-state index contributed by atoms with van der Waals surface area (Å²) in [7, 11) is -4.17. The molecular weight excluding hydrogens is 320 g/mol. The number of ketones is 4. The third kappa shape index (κ3) is 3.19. The zero-order valence-corrected chi connectivity index (χ0v) is 13.3. The Balaban J connectivity index is 2.32. The molecule has 0 bridgehead atoms. The zero-order valence-electron chi connectivity index (χ0n) is 12.5. The van der Waals surface area contributed by atoms with Crippen LogP contribution in [0.25, 0.3) is 0 Å². The average molecular weight is 334 g/mol. The van der Waals surface area contributed by atoms with Crippen LogP contribution in [-0.4, -0.2) is 42.1 Å². The Morgan fingerprint density at radius 2 is 1.17 bits per heavy atom. The van der Waals surface area contributed by atoms with E-state index in [1.807, 2.05) is 0 Å². The molecule has 0 aromatic rings. The molecule has 0 spiro atoms. The van der Waals surface area contributed by atoms with Gasteiger partial charge in [0.25, 0.3) is 0 Å². The molecule has 0 N–H and O–H groups in total. The Morgan fingerprint density at radius 1 is 0.826 bits per heavy atom. The number of Topliss-reactive ketones (excluding diaryl/α,β-unsaturated/α-hetero) is 2. The molecule has 2 aliphatic carbocycles. The summed E-state index contributed by atoms with van der Waals surface area (Å²) < 4.78 is 25.1. The normalized spacial score (nSPS) is 24.3. The van der Waals surface area contributed by atoms with Crippen molar-refractivity contribution in [3.63, 3.8) is 0 Å². The summed E-state index contributed by atoms with van der Waals surface area (Å²) in [5.41, 5.74) is 0.233. The number of carbonyl (C=O) groups is 4.